The number of unbranched alkanes of at least 4 members (excludes halogenated alkanes) is 2. The molecule has 2 amide bonds. The van der Waals surface area contributed by atoms with Gasteiger partial charge in [0.25, 0.3) is 0 Å². The number of carboxylic acids is 1. The summed E-state index contributed by atoms with van der Waals surface area (Å²) >= 11 is 0. The number of benzene rings is 1. The van der Waals surface area contributed by atoms with Crippen LogP contribution in [0.3, 0.4) is 0 Å². The zero-order valence-electron chi connectivity index (χ0n) is 13.6. The van der Waals surface area contributed by atoms with Crippen molar-refractivity contribution in [3.05, 3.63) is 35.9 Å². The van der Waals surface area contributed by atoms with Crippen molar-refractivity contribution in [3.8, 4) is 0 Å². The third-order valence-electron chi connectivity index (χ3n) is 3.42. The van der Waals surface area contributed by atoms with Crippen LogP contribution in [-0.2, 0) is 20.8 Å². The lowest BCUT2D eigenvalue weighted by molar-refractivity contribution is -0.164. The van der Waals surface area contributed by atoms with Crippen LogP contribution < -0.4 is 5.32 Å². The van der Waals surface area contributed by atoms with E-state index in [2.05, 4.69) is 5.32 Å². The first-order chi connectivity index (χ1) is 11.5. The summed E-state index contributed by atoms with van der Waals surface area (Å²) < 4.78 is 0. The van der Waals surface area contributed by atoms with Gasteiger partial charge in [-0.3, -0.25) is 19.6 Å². The second-order valence-corrected chi connectivity index (χ2v) is 5.48. The van der Waals surface area contributed by atoms with Crippen LogP contribution in [0.2, 0.25) is 0 Å². The first kappa shape index (κ1) is 19.6. The maximum absolute atomic E-state index is 11.8. The van der Waals surface area contributed by atoms with Gasteiger partial charge in [0.2, 0.25) is 11.8 Å². The van der Waals surface area contributed by atoms with Crippen molar-refractivity contribution >= 4 is 17.8 Å². The minimum Gasteiger partial charge on any atom is -0.481 e. The highest BCUT2D eigenvalue weighted by Crippen LogP contribution is 2.03. The summed E-state index contributed by atoms with van der Waals surface area (Å²) in [4.78, 5) is 33.4. The van der Waals surface area contributed by atoms with Gasteiger partial charge in [-0.1, -0.05) is 30.3 Å². The number of carbonyl (C=O) groups excluding carboxylic acids is 2. The molecule has 7 nitrogen and oxygen atoms in total. The van der Waals surface area contributed by atoms with E-state index in [1.54, 1.807) is 0 Å². The molecule has 0 atom stereocenters. The Morgan fingerprint density at radius 3 is 2.38 bits per heavy atom. The number of rotatable bonds is 11. The van der Waals surface area contributed by atoms with Crippen LogP contribution in [0.25, 0.3) is 0 Å². The largest absolute Gasteiger partial charge is 0.481 e. The summed E-state index contributed by atoms with van der Waals surface area (Å²) in [5.41, 5.74) is 0.852. The minimum absolute atomic E-state index is 0.0201. The third-order valence-corrected chi connectivity index (χ3v) is 3.42. The third kappa shape index (κ3) is 8.89. The van der Waals surface area contributed by atoms with Gasteiger partial charge in [0, 0.05) is 19.5 Å². The minimum atomic E-state index is -0.992. The smallest absolute Gasteiger partial charge is 0.303 e. The molecular formula is C17H24N2O5. The van der Waals surface area contributed by atoms with Gasteiger partial charge in [-0.25, -0.2) is 5.06 Å². The quantitative estimate of drug-likeness (QED) is 0.323. The standard InChI is InChI=1S/C17H24N2O5/c20-15(9-10-17(22)23)18-11-5-2-6-12-19(24)16(21)13-14-7-3-1-4-8-14/h1,3-4,7-8,24H,2,5-6,9-13H2,(H,18,20)(H,22,23). The van der Waals surface area contributed by atoms with E-state index in [1.807, 2.05) is 30.3 Å². The molecule has 0 aromatic heterocycles. The Kier molecular flexibility index (Phi) is 9.14. The Bertz CT molecular complexity index is 533. The predicted octanol–water partition coefficient (Wildman–Crippen LogP) is 1.60. The number of hydrogen-bond acceptors (Lipinski definition) is 4. The highest BCUT2D eigenvalue weighted by Gasteiger charge is 2.11. The fraction of sp³-hybridized carbons (Fsp3) is 0.471. The summed E-state index contributed by atoms with van der Waals surface area (Å²) in [6, 6.07) is 9.22. The van der Waals surface area contributed by atoms with Crippen LogP contribution in [-0.4, -0.2) is 46.3 Å². The summed E-state index contributed by atoms with van der Waals surface area (Å²) in [7, 11) is 0. The molecule has 0 unspecified atom stereocenters. The van der Waals surface area contributed by atoms with Crippen LogP contribution in [0.15, 0.2) is 30.3 Å². The molecule has 24 heavy (non-hydrogen) atoms. The predicted molar refractivity (Wildman–Crippen MR) is 87.4 cm³/mol. The number of hydrogen-bond donors (Lipinski definition) is 3. The monoisotopic (exact) mass is 336 g/mol. The van der Waals surface area contributed by atoms with E-state index in [4.69, 9.17) is 5.11 Å². The summed E-state index contributed by atoms with van der Waals surface area (Å²) in [5, 5.41) is 21.5. The molecule has 7 heteroatoms. The van der Waals surface area contributed by atoms with E-state index in [0.29, 0.717) is 19.4 Å². The van der Waals surface area contributed by atoms with Gasteiger partial charge in [-0.05, 0) is 24.8 Å². The highest BCUT2D eigenvalue weighted by atomic mass is 16.5. The van der Waals surface area contributed by atoms with Gasteiger partial charge < -0.3 is 10.4 Å². The lowest BCUT2D eigenvalue weighted by atomic mass is 10.1. The molecule has 3 N–H and O–H groups in total. The van der Waals surface area contributed by atoms with Crippen molar-refractivity contribution in [1.82, 2.24) is 10.4 Å². The van der Waals surface area contributed by atoms with Crippen molar-refractivity contribution in [2.75, 3.05) is 13.1 Å². The molecule has 1 aromatic rings. The molecular weight excluding hydrogens is 312 g/mol. The van der Waals surface area contributed by atoms with E-state index < -0.39 is 5.97 Å². The number of aliphatic carboxylic acids is 1. The molecule has 0 aliphatic heterocycles. The number of amides is 2. The molecule has 132 valence electrons. The Hall–Kier alpha value is -2.41. The number of carboxylic acid groups (broad SMARTS) is 1. The molecule has 0 fully saturated rings. The van der Waals surface area contributed by atoms with E-state index >= 15 is 0 Å². The lowest BCUT2D eigenvalue weighted by Gasteiger charge is -2.15. The highest BCUT2D eigenvalue weighted by molar-refractivity contribution is 5.80. The van der Waals surface area contributed by atoms with Crippen molar-refractivity contribution in [3.63, 3.8) is 0 Å². The maximum Gasteiger partial charge on any atom is 0.303 e. The van der Waals surface area contributed by atoms with Gasteiger partial charge in [0.1, 0.15) is 0 Å². The molecule has 0 aliphatic carbocycles. The molecule has 0 saturated heterocycles. The molecule has 0 aliphatic rings. The van der Waals surface area contributed by atoms with Crippen LogP contribution >= 0.6 is 0 Å². The zero-order valence-corrected chi connectivity index (χ0v) is 13.6. The van der Waals surface area contributed by atoms with Crippen molar-refractivity contribution < 1.29 is 24.7 Å². The molecule has 0 heterocycles. The van der Waals surface area contributed by atoms with Gasteiger partial charge in [-0.2, -0.15) is 0 Å². The Morgan fingerprint density at radius 1 is 1.00 bits per heavy atom. The second-order valence-electron chi connectivity index (χ2n) is 5.48. The van der Waals surface area contributed by atoms with E-state index in [9.17, 15) is 19.6 Å². The summed E-state index contributed by atoms with van der Waals surface area (Å²) in [5.74, 6) is -1.62. The average Bonchev–Trinajstić information content (AvgIpc) is 2.56. The molecule has 1 rings (SSSR count). The number of nitrogens with one attached hydrogen (secondary N) is 1. The summed E-state index contributed by atoms with van der Waals surface area (Å²) in [6.45, 7) is 0.709. The van der Waals surface area contributed by atoms with Gasteiger partial charge in [-0.15, -0.1) is 0 Å². The van der Waals surface area contributed by atoms with Crippen molar-refractivity contribution in [2.24, 2.45) is 0 Å². The van der Waals surface area contributed by atoms with E-state index in [1.165, 1.54) is 0 Å². The number of hydroxylamine groups is 2. The average molecular weight is 336 g/mol. The van der Waals surface area contributed by atoms with Crippen LogP contribution in [0.5, 0.6) is 0 Å². The topological polar surface area (TPSA) is 107 Å². The van der Waals surface area contributed by atoms with Crippen LogP contribution in [0, 0.1) is 0 Å². The summed E-state index contributed by atoms with van der Waals surface area (Å²) in [6.07, 6.45) is 2.05. The zero-order chi connectivity index (χ0) is 17.8. The Morgan fingerprint density at radius 2 is 1.71 bits per heavy atom. The number of nitrogens with zero attached hydrogens (tertiary/aromatic N) is 1. The molecule has 0 radical (unpaired) electrons. The normalized spacial score (nSPS) is 10.2. The molecule has 1 aromatic carbocycles. The maximum atomic E-state index is 11.8. The van der Waals surface area contributed by atoms with Gasteiger partial charge in [0.05, 0.1) is 12.8 Å². The Labute approximate surface area is 141 Å². The molecule has 0 spiro atoms. The van der Waals surface area contributed by atoms with E-state index in [-0.39, 0.29) is 37.6 Å². The fourth-order valence-corrected chi connectivity index (χ4v) is 2.09. The SMILES string of the molecule is O=C(O)CCC(=O)NCCCCCN(O)C(=O)Cc1ccccc1. The van der Waals surface area contributed by atoms with Crippen LogP contribution in [0.1, 0.15) is 37.7 Å². The van der Waals surface area contributed by atoms with Gasteiger partial charge >= 0.3 is 5.97 Å². The lowest BCUT2D eigenvalue weighted by Crippen LogP contribution is -2.30. The van der Waals surface area contributed by atoms with Crippen molar-refractivity contribution in [1.29, 1.82) is 0 Å². The second kappa shape index (κ2) is 11.2. The Balaban J connectivity index is 2.07. The van der Waals surface area contributed by atoms with E-state index in [0.717, 1.165) is 17.0 Å². The van der Waals surface area contributed by atoms with Crippen molar-refractivity contribution in [2.45, 2.75) is 38.5 Å². The molecule has 0 bridgehead atoms. The molecule has 0 saturated carbocycles. The number of carbonyl (C=O) groups is 3. The first-order valence-corrected chi connectivity index (χ1v) is 8.00. The fourth-order valence-electron chi connectivity index (χ4n) is 2.09. The van der Waals surface area contributed by atoms with Gasteiger partial charge in [0.15, 0.2) is 0 Å². The first-order valence-electron chi connectivity index (χ1n) is 8.00. The van der Waals surface area contributed by atoms with Crippen LogP contribution in [0.4, 0.5) is 0 Å².